The number of allylic oxidation sites excluding steroid dienone is 4. The molecule has 0 aromatic heterocycles. The summed E-state index contributed by atoms with van der Waals surface area (Å²) >= 11 is 0. The van der Waals surface area contributed by atoms with E-state index in [9.17, 15) is 33.8 Å². The topological polar surface area (TPSA) is 127 Å². The summed E-state index contributed by atoms with van der Waals surface area (Å²) in [4.78, 5) is 50.4. The molecule has 2 N–H and O–H groups in total. The Bertz CT molecular complexity index is 1050. The molecule has 4 aliphatic carbocycles. The third-order valence-corrected chi connectivity index (χ3v) is 9.83. The highest BCUT2D eigenvalue weighted by Gasteiger charge is 2.77. The van der Waals surface area contributed by atoms with E-state index in [1.165, 1.54) is 6.08 Å². The summed E-state index contributed by atoms with van der Waals surface area (Å²) in [6.45, 7) is 4.91. The fraction of sp³-hybridized carbons (Fsp3) is 0.714. The summed E-state index contributed by atoms with van der Waals surface area (Å²) in [5.74, 6) is -4.59. The smallest absolute Gasteiger partial charge is 0.306 e. The van der Waals surface area contributed by atoms with Crippen molar-refractivity contribution in [3.63, 3.8) is 0 Å². The summed E-state index contributed by atoms with van der Waals surface area (Å²) in [7, 11) is 0. The van der Waals surface area contributed by atoms with Gasteiger partial charge in [-0.3, -0.25) is 23.6 Å². The Balaban J connectivity index is 1.84. The Morgan fingerprint density at radius 3 is 2.43 bits per heavy atom. The number of Topliss-reactive ketones (excluding diaryl/α,β-unsaturated/α-hetero) is 1. The molecule has 9 atom stereocenters. The highest BCUT2D eigenvalue weighted by atomic mass is 19.1. The number of hydrogen-bond acceptors (Lipinski definition) is 8. The van der Waals surface area contributed by atoms with E-state index in [1.807, 2.05) is 6.92 Å². The summed E-state index contributed by atoms with van der Waals surface area (Å²) in [6, 6.07) is 0. The summed E-state index contributed by atoms with van der Waals surface area (Å²) in [5, 5.41) is 23.4. The summed E-state index contributed by atoms with van der Waals surface area (Å²) in [5.41, 5.74) is -3.47. The SMILES string of the molecule is CCC(=O)OCC(=O)[C@]1(OC(=O)CC)[C@@H](CF)C[C@H]2[C@@H]3CCC4=CC(=O)C=C[C@]4(C)[C@H]3[C@@H](O)[C@@H](O)[C@@]21C. The van der Waals surface area contributed by atoms with Gasteiger partial charge in [0.2, 0.25) is 5.78 Å². The second-order valence-electron chi connectivity index (χ2n) is 11.3. The van der Waals surface area contributed by atoms with Crippen LogP contribution in [0.2, 0.25) is 0 Å². The Morgan fingerprint density at radius 2 is 1.81 bits per heavy atom. The lowest BCUT2D eigenvalue weighted by molar-refractivity contribution is -0.242. The van der Waals surface area contributed by atoms with E-state index < -0.39 is 77.4 Å². The summed E-state index contributed by atoms with van der Waals surface area (Å²) in [6.07, 6.45) is 3.17. The van der Waals surface area contributed by atoms with Crippen LogP contribution in [0.5, 0.6) is 0 Å². The number of alkyl halides is 1. The van der Waals surface area contributed by atoms with Crippen molar-refractivity contribution >= 4 is 23.5 Å². The molecule has 0 spiro atoms. The van der Waals surface area contributed by atoms with E-state index in [-0.39, 0.29) is 31.0 Å². The van der Waals surface area contributed by atoms with Gasteiger partial charge in [-0.15, -0.1) is 0 Å². The van der Waals surface area contributed by atoms with E-state index in [1.54, 1.807) is 32.9 Å². The van der Waals surface area contributed by atoms with Gasteiger partial charge >= 0.3 is 11.9 Å². The zero-order chi connectivity index (χ0) is 27.3. The number of fused-ring (bicyclic) bond motifs is 5. The molecule has 204 valence electrons. The zero-order valence-electron chi connectivity index (χ0n) is 21.9. The molecule has 0 bridgehead atoms. The van der Waals surface area contributed by atoms with E-state index in [2.05, 4.69) is 0 Å². The molecule has 0 heterocycles. The first-order valence-corrected chi connectivity index (χ1v) is 13.2. The van der Waals surface area contributed by atoms with Crippen molar-refractivity contribution in [3.05, 3.63) is 23.8 Å². The van der Waals surface area contributed by atoms with Gasteiger partial charge < -0.3 is 19.7 Å². The van der Waals surface area contributed by atoms with Gasteiger partial charge in [-0.25, -0.2) is 0 Å². The lowest BCUT2D eigenvalue weighted by Gasteiger charge is -2.61. The van der Waals surface area contributed by atoms with Gasteiger partial charge in [-0.05, 0) is 43.3 Å². The Morgan fingerprint density at radius 1 is 1.14 bits per heavy atom. The number of halogens is 1. The lowest BCUT2D eigenvalue weighted by Crippen LogP contribution is -2.70. The molecule has 9 heteroatoms. The van der Waals surface area contributed by atoms with E-state index in [4.69, 9.17) is 9.47 Å². The van der Waals surface area contributed by atoms with Gasteiger partial charge in [0.15, 0.2) is 18.0 Å². The molecule has 0 aliphatic heterocycles. The Kier molecular flexibility index (Phi) is 7.27. The van der Waals surface area contributed by atoms with Crippen LogP contribution in [0.1, 0.15) is 59.8 Å². The van der Waals surface area contributed by atoms with E-state index in [0.717, 1.165) is 5.57 Å². The quantitative estimate of drug-likeness (QED) is 0.491. The highest BCUT2D eigenvalue weighted by Crippen LogP contribution is 2.69. The standard InChI is InChI=1S/C28H37FO8/c1-5-21(32)36-14-20(31)28(37-22(33)6-2)16(13-29)12-19-18-8-7-15-11-17(30)9-10-26(15,3)23(18)24(34)25(35)27(19,28)4/h9-11,16,18-19,23-25,34-35H,5-8,12-14H2,1-4H3/t16-,18+,19+,23-,24-,25-,26+,27-,28-/m1/s1. The normalized spacial score (nSPS) is 42.2. The van der Waals surface area contributed by atoms with Crippen LogP contribution in [0.15, 0.2) is 23.8 Å². The maximum atomic E-state index is 14.8. The maximum Gasteiger partial charge on any atom is 0.306 e. The predicted molar refractivity (Wildman–Crippen MR) is 130 cm³/mol. The monoisotopic (exact) mass is 520 g/mol. The minimum atomic E-state index is -2.12. The largest absolute Gasteiger partial charge is 0.457 e. The maximum absolute atomic E-state index is 14.8. The number of carbonyl (C=O) groups excluding carboxylic acids is 4. The average Bonchev–Trinajstić information content (AvgIpc) is 3.14. The van der Waals surface area contributed by atoms with Crippen LogP contribution in [-0.4, -0.2) is 64.8 Å². The van der Waals surface area contributed by atoms with Crippen LogP contribution >= 0.6 is 0 Å². The molecule has 0 saturated heterocycles. The molecule has 0 aromatic rings. The number of ether oxygens (including phenoxy) is 2. The van der Waals surface area contributed by atoms with Gasteiger partial charge in [0.05, 0.1) is 18.9 Å². The molecule has 0 radical (unpaired) electrons. The fourth-order valence-corrected chi connectivity index (χ4v) is 8.01. The number of aliphatic hydroxyl groups excluding tert-OH is 2. The van der Waals surface area contributed by atoms with Crippen molar-refractivity contribution in [2.75, 3.05) is 13.3 Å². The van der Waals surface area contributed by atoms with Crippen LogP contribution in [0, 0.1) is 34.5 Å². The molecular weight excluding hydrogens is 483 g/mol. The number of carbonyl (C=O) groups is 4. The molecule has 37 heavy (non-hydrogen) atoms. The van der Waals surface area contributed by atoms with Crippen LogP contribution < -0.4 is 0 Å². The first-order valence-electron chi connectivity index (χ1n) is 13.2. The molecule has 8 nitrogen and oxygen atoms in total. The Hall–Kier alpha value is -2.39. The first kappa shape index (κ1) is 27.6. The van der Waals surface area contributed by atoms with E-state index in [0.29, 0.717) is 12.8 Å². The molecule has 0 unspecified atom stereocenters. The minimum absolute atomic E-state index is 0.0248. The molecule has 3 saturated carbocycles. The predicted octanol–water partition coefficient (Wildman–Crippen LogP) is 2.65. The van der Waals surface area contributed by atoms with Crippen molar-refractivity contribution in [2.45, 2.75) is 77.6 Å². The third-order valence-electron chi connectivity index (χ3n) is 9.83. The fourth-order valence-electron chi connectivity index (χ4n) is 8.01. The molecule has 3 fully saturated rings. The van der Waals surface area contributed by atoms with Gasteiger partial charge in [0.1, 0.15) is 0 Å². The van der Waals surface area contributed by atoms with Gasteiger partial charge in [-0.1, -0.05) is 39.3 Å². The van der Waals surface area contributed by atoms with Crippen LogP contribution in [0.25, 0.3) is 0 Å². The van der Waals surface area contributed by atoms with Crippen LogP contribution in [0.3, 0.4) is 0 Å². The Labute approximate surface area is 216 Å². The second-order valence-corrected chi connectivity index (χ2v) is 11.3. The molecular formula is C28H37FO8. The molecule has 0 aromatic carbocycles. The van der Waals surface area contributed by atoms with Crippen molar-refractivity contribution in [1.29, 1.82) is 0 Å². The lowest BCUT2D eigenvalue weighted by atomic mass is 9.45. The molecule has 0 amide bonds. The third kappa shape index (κ3) is 3.83. The van der Waals surface area contributed by atoms with Crippen LogP contribution in [-0.2, 0) is 28.7 Å². The number of esters is 2. The number of aliphatic hydroxyl groups is 2. The number of rotatable bonds is 7. The average molecular weight is 521 g/mol. The highest BCUT2D eigenvalue weighted by molar-refractivity contribution is 6.01. The number of hydrogen-bond donors (Lipinski definition) is 2. The minimum Gasteiger partial charge on any atom is -0.457 e. The zero-order valence-corrected chi connectivity index (χ0v) is 21.9. The van der Waals surface area contributed by atoms with Crippen molar-refractivity contribution in [1.82, 2.24) is 0 Å². The second kappa shape index (κ2) is 9.73. The van der Waals surface area contributed by atoms with Crippen LogP contribution in [0.4, 0.5) is 4.39 Å². The van der Waals surface area contributed by atoms with Crippen molar-refractivity contribution < 1.29 is 43.3 Å². The van der Waals surface area contributed by atoms with Gasteiger partial charge in [0, 0.05) is 35.5 Å². The van der Waals surface area contributed by atoms with Crippen molar-refractivity contribution in [3.8, 4) is 0 Å². The molecule has 4 aliphatic rings. The van der Waals surface area contributed by atoms with Gasteiger partial charge in [-0.2, -0.15) is 0 Å². The van der Waals surface area contributed by atoms with E-state index >= 15 is 0 Å². The van der Waals surface area contributed by atoms with Crippen molar-refractivity contribution in [2.24, 2.45) is 34.5 Å². The van der Waals surface area contributed by atoms with Gasteiger partial charge in [0.25, 0.3) is 0 Å². The summed E-state index contributed by atoms with van der Waals surface area (Å²) < 4.78 is 25.7. The molecule has 4 rings (SSSR count). The first-order chi connectivity index (χ1) is 17.4. The number of ketones is 2.